The Morgan fingerprint density at radius 3 is 2.51 bits per heavy atom. The molecule has 1 amide bonds. The molecule has 0 radical (unpaired) electrons. The number of carboxylic acids is 1. The van der Waals surface area contributed by atoms with Crippen molar-refractivity contribution in [1.29, 1.82) is 0 Å². The van der Waals surface area contributed by atoms with Crippen molar-refractivity contribution < 1.29 is 41.8 Å². The largest absolute Gasteiger partial charge is 0.485 e. The normalized spacial score (nSPS) is 13.3. The first kappa shape index (κ1) is 26.1. The van der Waals surface area contributed by atoms with E-state index in [0.717, 1.165) is 28.8 Å². The molecule has 196 valence electrons. The maximum Gasteiger partial charge on any atom is 0.416 e. The second-order valence-electron chi connectivity index (χ2n) is 8.61. The van der Waals surface area contributed by atoms with Gasteiger partial charge in [0, 0.05) is 30.6 Å². The Hall–Kier alpha value is -4.02. The lowest BCUT2D eigenvalue weighted by atomic mass is 9.92. The molecule has 2 aromatic carbocycles. The second-order valence-corrected chi connectivity index (χ2v) is 8.61. The van der Waals surface area contributed by atoms with Gasteiger partial charge in [-0.1, -0.05) is 6.07 Å². The number of oxazole rings is 1. The number of hydrogen-bond donors (Lipinski definition) is 1. The van der Waals surface area contributed by atoms with Gasteiger partial charge in [-0.3, -0.25) is 4.79 Å². The highest BCUT2D eigenvalue weighted by Crippen LogP contribution is 2.34. The summed E-state index contributed by atoms with van der Waals surface area (Å²) in [6.45, 7) is 2.43. The topological polar surface area (TPSA) is 102 Å². The summed E-state index contributed by atoms with van der Waals surface area (Å²) in [7, 11) is 1.31. The zero-order valence-corrected chi connectivity index (χ0v) is 20.2. The Morgan fingerprint density at radius 2 is 1.86 bits per heavy atom. The molecule has 0 spiro atoms. The fourth-order valence-corrected chi connectivity index (χ4v) is 4.23. The first-order valence-electron chi connectivity index (χ1n) is 11.5. The van der Waals surface area contributed by atoms with Gasteiger partial charge in [-0.25, -0.2) is 9.78 Å². The molecule has 1 aromatic heterocycles. The van der Waals surface area contributed by atoms with Gasteiger partial charge >= 0.3 is 18.2 Å². The van der Waals surface area contributed by atoms with E-state index in [1.165, 1.54) is 19.2 Å². The summed E-state index contributed by atoms with van der Waals surface area (Å²) in [5.41, 5.74) is 2.71. The van der Waals surface area contributed by atoms with E-state index in [9.17, 15) is 22.8 Å². The van der Waals surface area contributed by atoms with Crippen LogP contribution in [0, 0.1) is 6.92 Å². The Morgan fingerprint density at radius 1 is 1.14 bits per heavy atom. The Labute approximate surface area is 210 Å². The van der Waals surface area contributed by atoms with Crippen LogP contribution in [0.1, 0.15) is 40.1 Å². The molecule has 2 heterocycles. The van der Waals surface area contributed by atoms with Crippen molar-refractivity contribution in [3.05, 3.63) is 70.1 Å². The average Bonchev–Trinajstić information content (AvgIpc) is 3.25. The number of nitrogens with zero attached hydrogens (tertiary/aromatic N) is 2. The molecule has 0 unspecified atom stereocenters. The third kappa shape index (κ3) is 5.87. The second kappa shape index (κ2) is 10.5. The molecule has 8 nitrogen and oxygen atoms in total. The minimum absolute atomic E-state index is 0.0289. The van der Waals surface area contributed by atoms with Gasteiger partial charge in [-0.05, 0) is 61.2 Å². The van der Waals surface area contributed by atoms with E-state index in [1.807, 2.05) is 0 Å². The number of amides is 1. The fraction of sp³-hybridized carbons (Fsp3) is 0.346. The third-order valence-corrected chi connectivity index (χ3v) is 6.22. The number of carbonyl (C=O) groups is 2. The predicted octanol–water partition coefficient (Wildman–Crippen LogP) is 5.39. The molecule has 4 rings (SSSR count). The summed E-state index contributed by atoms with van der Waals surface area (Å²) in [5.74, 6) is 0.264. The van der Waals surface area contributed by atoms with Gasteiger partial charge in [0.25, 0.3) is 0 Å². The van der Waals surface area contributed by atoms with E-state index in [4.69, 9.17) is 19.0 Å². The standard InChI is InChI=1S/C26H25F3N2O6/c1-15-22(37-24(30-15)17-3-7-18(8-4-17)26(27,28)29)14-36-21-9-5-16(6-10-23(32)33)20-13-31(25(34)35-2)12-11-19(20)21/h3-5,7-9H,6,10-14H2,1-2H3,(H,32,33). The number of fused-ring (bicyclic) bond motifs is 1. The number of aryl methyl sites for hydroxylation is 2. The van der Waals surface area contributed by atoms with Crippen molar-refractivity contribution in [2.75, 3.05) is 13.7 Å². The monoisotopic (exact) mass is 518 g/mol. The van der Waals surface area contributed by atoms with Crippen LogP contribution < -0.4 is 4.74 Å². The number of alkyl halides is 3. The zero-order chi connectivity index (χ0) is 26.7. The van der Waals surface area contributed by atoms with Crippen LogP contribution in [0.3, 0.4) is 0 Å². The van der Waals surface area contributed by atoms with Crippen molar-refractivity contribution in [1.82, 2.24) is 9.88 Å². The molecule has 1 N–H and O–H groups in total. The van der Waals surface area contributed by atoms with Crippen LogP contribution in [0.5, 0.6) is 5.75 Å². The van der Waals surface area contributed by atoms with E-state index < -0.39 is 23.8 Å². The maximum absolute atomic E-state index is 12.8. The van der Waals surface area contributed by atoms with Crippen molar-refractivity contribution in [3.63, 3.8) is 0 Å². The number of carboxylic acid groups (broad SMARTS) is 1. The highest BCUT2D eigenvalue weighted by Gasteiger charge is 2.30. The molecule has 37 heavy (non-hydrogen) atoms. The molecule has 0 fully saturated rings. The van der Waals surface area contributed by atoms with Crippen LogP contribution in [0.4, 0.5) is 18.0 Å². The van der Waals surface area contributed by atoms with Crippen molar-refractivity contribution in [3.8, 4) is 17.2 Å². The zero-order valence-electron chi connectivity index (χ0n) is 20.2. The fourth-order valence-electron chi connectivity index (χ4n) is 4.23. The summed E-state index contributed by atoms with van der Waals surface area (Å²) < 4.78 is 55.2. The number of aliphatic carboxylic acids is 1. The van der Waals surface area contributed by atoms with Gasteiger partial charge in [0.15, 0.2) is 5.76 Å². The molecule has 0 atom stereocenters. The van der Waals surface area contributed by atoms with Crippen LogP contribution in [0.2, 0.25) is 0 Å². The first-order valence-corrected chi connectivity index (χ1v) is 11.5. The van der Waals surface area contributed by atoms with Gasteiger partial charge in [-0.15, -0.1) is 0 Å². The summed E-state index contributed by atoms with van der Waals surface area (Å²) in [6, 6.07) is 8.11. The quantitative estimate of drug-likeness (QED) is 0.448. The predicted molar refractivity (Wildman–Crippen MR) is 125 cm³/mol. The Kier molecular flexibility index (Phi) is 7.42. The van der Waals surface area contributed by atoms with E-state index in [2.05, 4.69) is 4.98 Å². The molecular formula is C26H25F3N2O6. The van der Waals surface area contributed by atoms with Gasteiger partial charge < -0.3 is 23.9 Å². The molecule has 11 heteroatoms. The minimum atomic E-state index is -4.43. The number of hydrogen-bond acceptors (Lipinski definition) is 6. The molecule has 0 bridgehead atoms. The number of methoxy groups -OCH3 is 1. The lowest BCUT2D eigenvalue weighted by Crippen LogP contribution is -2.36. The number of rotatable bonds is 7. The number of aromatic nitrogens is 1. The summed E-state index contributed by atoms with van der Waals surface area (Å²) >= 11 is 0. The van der Waals surface area contributed by atoms with E-state index in [-0.39, 0.29) is 25.5 Å². The molecule has 0 saturated heterocycles. The van der Waals surface area contributed by atoms with Crippen molar-refractivity contribution in [2.45, 2.75) is 45.5 Å². The van der Waals surface area contributed by atoms with Crippen LogP contribution in [-0.2, 0) is 41.7 Å². The minimum Gasteiger partial charge on any atom is -0.485 e. The number of carbonyl (C=O) groups excluding carboxylic acids is 1. The van der Waals surface area contributed by atoms with Gasteiger partial charge in [0.05, 0.1) is 18.4 Å². The smallest absolute Gasteiger partial charge is 0.416 e. The molecule has 3 aromatic rings. The maximum atomic E-state index is 12.8. The van der Waals surface area contributed by atoms with E-state index in [1.54, 1.807) is 24.0 Å². The molecule has 0 aliphatic carbocycles. The highest BCUT2D eigenvalue weighted by molar-refractivity contribution is 5.69. The van der Waals surface area contributed by atoms with Gasteiger partial charge in [0.1, 0.15) is 12.4 Å². The van der Waals surface area contributed by atoms with Crippen molar-refractivity contribution >= 4 is 12.1 Å². The molecular weight excluding hydrogens is 493 g/mol. The Bertz CT molecular complexity index is 1300. The summed E-state index contributed by atoms with van der Waals surface area (Å²) in [6.07, 6.45) is -4.14. The number of ether oxygens (including phenoxy) is 2. The van der Waals surface area contributed by atoms with E-state index >= 15 is 0 Å². The summed E-state index contributed by atoms with van der Waals surface area (Å²) in [4.78, 5) is 29.1. The first-order chi connectivity index (χ1) is 17.6. The van der Waals surface area contributed by atoms with Crippen LogP contribution >= 0.6 is 0 Å². The third-order valence-electron chi connectivity index (χ3n) is 6.22. The SMILES string of the molecule is COC(=O)N1CCc2c(OCc3oc(-c4ccc(C(F)(F)F)cc4)nc3C)ccc(CCC(=O)O)c2C1. The average molecular weight is 518 g/mol. The van der Waals surface area contributed by atoms with Gasteiger partial charge in [-0.2, -0.15) is 13.2 Å². The van der Waals surface area contributed by atoms with Gasteiger partial charge in [0.2, 0.25) is 5.89 Å². The lowest BCUT2D eigenvalue weighted by Gasteiger charge is -2.30. The van der Waals surface area contributed by atoms with Crippen molar-refractivity contribution in [2.24, 2.45) is 0 Å². The molecule has 0 saturated carbocycles. The van der Waals surface area contributed by atoms with Crippen LogP contribution in [-0.4, -0.2) is 40.7 Å². The van der Waals surface area contributed by atoms with Crippen LogP contribution in [0.15, 0.2) is 40.8 Å². The number of halogens is 3. The van der Waals surface area contributed by atoms with E-state index in [0.29, 0.717) is 42.2 Å². The lowest BCUT2D eigenvalue weighted by molar-refractivity contribution is -0.138. The Balaban J connectivity index is 1.54. The highest BCUT2D eigenvalue weighted by atomic mass is 19.4. The number of benzene rings is 2. The molecule has 1 aliphatic rings. The molecule has 1 aliphatic heterocycles. The van der Waals surface area contributed by atoms with Crippen LogP contribution in [0.25, 0.3) is 11.5 Å². The summed E-state index contributed by atoms with van der Waals surface area (Å²) in [5, 5.41) is 9.11.